The van der Waals surface area contributed by atoms with Gasteiger partial charge in [0.2, 0.25) is 5.91 Å². The predicted molar refractivity (Wildman–Crippen MR) is 75.6 cm³/mol. The van der Waals surface area contributed by atoms with Crippen LogP contribution in [0.3, 0.4) is 0 Å². The molecule has 0 radical (unpaired) electrons. The molecule has 1 amide bonds. The number of halogens is 1. The zero-order valence-corrected chi connectivity index (χ0v) is 12.6. The highest BCUT2D eigenvalue weighted by Gasteiger charge is 2.44. The molecule has 1 aliphatic rings. The van der Waals surface area contributed by atoms with Gasteiger partial charge >= 0.3 is 0 Å². The van der Waals surface area contributed by atoms with Crippen LogP contribution in [-0.4, -0.2) is 31.7 Å². The molecule has 0 saturated carbocycles. The average molecular weight is 333 g/mol. The number of nitrogens with one attached hydrogen (secondary N) is 1. The number of hydrogen-bond acceptors (Lipinski definition) is 4. The number of thiophene rings is 1. The quantitative estimate of drug-likeness (QED) is 0.878. The molecule has 100 valence electrons. The Balaban J connectivity index is 1.81. The fraction of sp³-hybridized carbons (Fsp3) is 0.583. The van der Waals surface area contributed by atoms with Crippen LogP contribution in [0.25, 0.3) is 0 Å². The van der Waals surface area contributed by atoms with Crippen LogP contribution in [0.4, 0.5) is 0 Å². The predicted octanol–water partition coefficient (Wildman–Crippen LogP) is 1.53. The van der Waals surface area contributed by atoms with Gasteiger partial charge < -0.3 is 15.8 Å². The van der Waals surface area contributed by atoms with Crippen LogP contribution in [0.2, 0.25) is 0 Å². The highest BCUT2D eigenvalue weighted by Crippen LogP contribution is 2.27. The Morgan fingerprint density at radius 3 is 3.06 bits per heavy atom. The number of amides is 1. The van der Waals surface area contributed by atoms with Crippen molar-refractivity contribution in [3.63, 3.8) is 0 Å². The van der Waals surface area contributed by atoms with Crippen molar-refractivity contribution in [1.29, 1.82) is 0 Å². The minimum absolute atomic E-state index is 0.0110. The minimum Gasteiger partial charge on any atom is -0.379 e. The summed E-state index contributed by atoms with van der Waals surface area (Å²) in [6.45, 7) is 3.36. The van der Waals surface area contributed by atoms with Crippen molar-refractivity contribution < 1.29 is 9.53 Å². The second kappa shape index (κ2) is 5.69. The van der Waals surface area contributed by atoms with E-state index in [1.807, 2.05) is 13.0 Å². The molecule has 3 N–H and O–H groups in total. The lowest BCUT2D eigenvalue weighted by molar-refractivity contribution is -0.130. The molecule has 1 aliphatic heterocycles. The monoisotopic (exact) mass is 332 g/mol. The van der Waals surface area contributed by atoms with Crippen LogP contribution in [0, 0.1) is 5.41 Å². The second-order valence-electron chi connectivity index (χ2n) is 4.75. The van der Waals surface area contributed by atoms with E-state index in [2.05, 4.69) is 27.3 Å². The third-order valence-electron chi connectivity index (χ3n) is 3.32. The lowest BCUT2D eigenvalue weighted by Crippen LogP contribution is -2.50. The van der Waals surface area contributed by atoms with E-state index in [4.69, 9.17) is 10.5 Å². The standard InChI is InChI=1S/C12H17BrN2O2S/c1-12(7-17-6-9(12)14)11(16)15-5-4-8-2-3-10(13)18-8/h2-3,9H,4-7,14H2,1H3,(H,15,16). The summed E-state index contributed by atoms with van der Waals surface area (Å²) in [6, 6.07) is 3.87. The van der Waals surface area contributed by atoms with Crippen molar-refractivity contribution in [1.82, 2.24) is 5.32 Å². The van der Waals surface area contributed by atoms with E-state index in [9.17, 15) is 4.79 Å². The smallest absolute Gasteiger partial charge is 0.229 e. The average Bonchev–Trinajstić information content (AvgIpc) is 2.88. The molecule has 0 aromatic carbocycles. The van der Waals surface area contributed by atoms with Gasteiger partial charge in [-0.05, 0) is 41.4 Å². The van der Waals surface area contributed by atoms with Crippen LogP contribution >= 0.6 is 27.3 Å². The molecule has 1 aromatic rings. The van der Waals surface area contributed by atoms with E-state index in [1.165, 1.54) is 4.88 Å². The molecule has 2 heterocycles. The fourth-order valence-corrected chi connectivity index (χ4v) is 3.39. The first-order valence-electron chi connectivity index (χ1n) is 5.88. The summed E-state index contributed by atoms with van der Waals surface area (Å²) < 4.78 is 6.38. The largest absolute Gasteiger partial charge is 0.379 e. The summed E-state index contributed by atoms with van der Waals surface area (Å²) in [5.74, 6) is -0.0110. The Bertz CT molecular complexity index is 437. The number of ether oxygens (including phenoxy) is 1. The maximum Gasteiger partial charge on any atom is 0.229 e. The van der Waals surface area contributed by atoms with Crippen molar-refractivity contribution in [2.75, 3.05) is 19.8 Å². The molecule has 0 spiro atoms. The van der Waals surface area contributed by atoms with E-state index in [0.29, 0.717) is 19.8 Å². The van der Waals surface area contributed by atoms with Gasteiger partial charge in [0.15, 0.2) is 0 Å². The highest BCUT2D eigenvalue weighted by atomic mass is 79.9. The first-order chi connectivity index (χ1) is 8.52. The van der Waals surface area contributed by atoms with Crippen molar-refractivity contribution >= 4 is 33.2 Å². The number of nitrogens with two attached hydrogens (primary N) is 1. The Morgan fingerprint density at radius 2 is 2.50 bits per heavy atom. The van der Waals surface area contributed by atoms with Crippen molar-refractivity contribution in [3.05, 3.63) is 20.8 Å². The van der Waals surface area contributed by atoms with Gasteiger partial charge in [-0.1, -0.05) is 0 Å². The summed E-state index contributed by atoms with van der Waals surface area (Å²) in [6.07, 6.45) is 0.841. The van der Waals surface area contributed by atoms with Crippen molar-refractivity contribution in [2.24, 2.45) is 11.1 Å². The molecule has 1 aromatic heterocycles. The Hall–Kier alpha value is -0.430. The van der Waals surface area contributed by atoms with Crippen LogP contribution in [0.1, 0.15) is 11.8 Å². The summed E-state index contributed by atoms with van der Waals surface area (Å²) in [5.41, 5.74) is 5.32. The van der Waals surface area contributed by atoms with Gasteiger partial charge in [0.05, 0.1) is 22.4 Å². The molecule has 1 saturated heterocycles. The Morgan fingerprint density at radius 1 is 1.72 bits per heavy atom. The number of carbonyl (C=O) groups is 1. The van der Waals surface area contributed by atoms with E-state index in [-0.39, 0.29) is 11.9 Å². The topological polar surface area (TPSA) is 64.3 Å². The molecule has 2 unspecified atom stereocenters. The zero-order chi connectivity index (χ0) is 13.2. The first-order valence-corrected chi connectivity index (χ1v) is 7.49. The maximum absolute atomic E-state index is 12.1. The minimum atomic E-state index is -0.587. The van der Waals surface area contributed by atoms with Crippen LogP contribution < -0.4 is 11.1 Å². The van der Waals surface area contributed by atoms with Gasteiger partial charge in [-0.25, -0.2) is 0 Å². The van der Waals surface area contributed by atoms with Gasteiger partial charge in [-0.15, -0.1) is 11.3 Å². The van der Waals surface area contributed by atoms with Gasteiger partial charge in [-0.2, -0.15) is 0 Å². The fourth-order valence-electron chi connectivity index (χ4n) is 1.91. The van der Waals surface area contributed by atoms with Crippen LogP contribution in [-0.2, 0) is 16.0 Å². The number of rotatable bonds is 4. The Kier molecular flexibility index (Phi) is 4.42. The van der Waals surface area contributed by atoms with E-state index < -0.39 is 5.41 Å². The van der Waals surface area contributed by atoms with Crippen molar-refractivity contribution in [3.8, 4) is 0 Å². The highest BCUT2D eigenvalue weighted by molar-refractivity contribution is 9.11. The van der Waals surface area contributed by atoms with Gasteiger partial charge in [-0.3, -0.25) is 4.79 Å². The molecule has 4 nitrogen and oxygen atoms in total. The van der Waals surface area contributed by atoms with E-state index >= 15 is 0 Å². The molecular weight excluding hydrogens is 316 g/mol. The molecule has 18 heavy (non-hydrogen) atoms. The third-order valence-corrected chi connectivity index (χ3v) is 5.01. The molecular formula is C12H17BrN2O2S. The van der Waals surface area contributed by atoms with E-state index in [0.717, 1.165) is 10.2 Å². The maximum atomic E-state index is 12.1. The SMILES string of the molecule is CC1(C(=O)NCCc2ccc(Br)s2)COCC1N. The zero-order valence-electron chi connectivity index (χ0n) is 10.2. The lowest BCUT2D eigenvalue weighted by Gasteiger charge is -2.25. The van der Waals surface area contributed by atoms with Gasteiger partial charge in [0.1, 0.15) is 0 Å². The van der Waals surface area contributed by atoms with Gasteiger partial charge in [0.25, 0.3) is 0 Å². The van der Waals surface area contributed by atoms with Crippen LogP contribution in [0.5, 0.6) is 0 Å². The van der Waals surface area contributed by atoms with Crippen LogP contribution in [0.15, 0.2) is 15.9 Å². The summed E-state index contributed by atoms with van der Waals surface area (Å²) in [7, 11) is 0. The molecule has 1 fully saturated rings. The molecule has 2 rings (SSSR count). The number of carbonyl (C=O) groups excluding carboxylic acids is 1. The van der Waals surface area contributed by atoms with E-state index in [1.54, 1.807) is 11.3 Å². The number of hydrogen-bond donors (Lipinski definition) is 2. The third kappa shape index (κ3) is 2.93. The summed E-state index contributed by atoms with van der Waals surface area (Å²) in [4.78, 5) is 13.3. The normalized spacial score (nSPS) is 27.4. The molecule has 2 atom stereocenters. The molecule has 0 aliphatic carbocycles. The second-order valence-corrected chi connectivity index (χ2v) is 7.30. The molecule has 6 heteroatoms. The van der Waals surface area contributed by atoms with Gasteiger partial charge in [0, 0.05) is 17.5 Å². The first kappa shape index (κ1) is 14.0. The Labute approximate surface area is 119 Å². The lowest BCUT2D eigenvalue weighted by atomic mass is 9.85. The summed E-state index contributed by atoms with van der Waals surface area (Å²) >= 11 is 5.11. The summed E-state index contributed by atoms with van der Waals surface area (Å²) in [5, 5.41) is 2.95. The van der Waals surface area contributed by atoms with Crippen molar-refractivity contribution in [2.45, 2.75) is 19.4 Å². The molecule has 0 bridgehead atoms.